The van der Waals surface area contributed by atoms with Crippen molar-refractivity contribution >= 4 is 11.6 Å². The number of hydrogen-bond acceptors (Lipinski definition) is 1. The summed E-state index contributed by atoms with van der Waals surface area (Å²) in [6, 6.07) is 0.544. The lowest BCUT2D eigenvalue weighted by Crippen LogP contribution is -2.22. The Kier molecular flexibility index (Phi) is 5.13. The predicted molar refractivity (Wildman–Crippen MR) is 38.1 cm³/mol. The monoisotopic (exact) mass is 133 g/mol. The van der Waals surface area contributed by atoms with E-state index >= 15 is 0 Å². The van der Waals surface area contributed by atoms with Gasteiger partial charge in [-0.05, 0) is 0 Å². The first-order chi connectivity index (χ1) is 3.77. The van der Waals surface area contributed by atoms with Crippen molar-refractivity contribution in [1.29, 1.82) is 0 Å². The smallest absolute Gasteiger partial charge is 0.0148 e. The van der Waals surface area contributed by atoms with Gasteiger partial charge in [-0.2, -0.15) is 0 Å². The van der Waals surface area contributed by atoms with E-state index in [9.17, 15) is 0 Å². The molecule has 0 rings (SSSR count). The Balaban J connectivity index is 2.93. The molecule has 0 aliphatic rings. The van der Waals surface area contributed by atoms with E-state index in [4.69, 9.17) is 11.6 Å². The van der Waals surface area contributed by atoms with Gasteiger partial charge in [0.25, 0.3) is 0 Å². The summed E-state index contributed by atoms with van der Waals surface area (Å²) in [6.07, 6.45) is 1.88. The molecular formula is C6H12ClN. The van der Waals surface area contributed by atoms with Crippen molar-refractivity contribution in [3.05, 3.63) is 11.6 Å². The molecule has 0 saturated carbocycles. The van der Waals surface area contributed by atoms with Gasteiger partial charge in [0, 0.05) is 18.1 Å². The summed E-state index contributed by atoms with van der Waals surface area (Å²) in [6.45, 7) is 5.06. The molecular weight excluding hydrogens is 122 g/mol. The summed E-state index contributed by atoms with van der Waals surface area (Å²) in [4.78, 5) is 0. The van der Waals surface area contributed by atoms with Gasteiger partial charge in [-0.3, -0.25) is 0 Å². The number of hydrogen-bond donors (Lipinski definition) is 1. The second-order valence-electron chi connectivity index (χ2n) is 1.92. The van der Waals surface area contributed by atoms with E-state index in [-0.39, 0.29) is 0 Å². The van der Waals surface area contributed by atoms with Crippen molar-refractivity contribution in [2.75, 3.05) is 6.54 Å². The van der Waals surface area contributed by atoms with Crippen molar-refractivity contribution in [2.45, 2.75) is 19.9 Å². The summed E-state index contributed by atoms with van der Waals surface area (Å²) < 4.78 is 0. The maximum absolute atomic E-state index is 5.26. The van der Waals surface area contributed by atoms with Gasteiger partial charge in [-0.25, -0.2) is 0 Å². The number of rotatable bonds is 3. The molecule has 0 fully saturated rings. The highest BCUT2D eigenvalue weighted by Crippen LogP contribution is 1.78. The molecule has 0 aliphatic heterocycles. The highest BCUT2D eigenvalue weighted by atomic mass is 35.5. The molecule has 0 heterocycles. The molecule has 0 spiro atoms. The Morgan fingerprint density at radius 2 is 2.25 bits per heavy atom. The van der Waals surface area contributed by atoms with Crippen molar-refractivity contribution < 1.29 is 0 Å². The van der Waals surface area contributed by atoms with Gasteiger partial charge in [-0.1, -0.05) is 31.5 Å². The average molecular weight is 134 g/mol. The zero-order chi connectivity index (χ0) is 6.41. The first-order valence-corrected chi connectivity index (χ1v) is 3.19. The summed E-state index contributed by atoms with van der Waals surface area (Å²) in [5.41, 5.74) is 1.52. The normalized spacial score (nSPS) is 11.5. The fourth-order valence-electron chi connectivity index (χ4n) is 0.348. The van der Waals surface area contributed by atoms with Crippen LogP contribution in [0.5, 0.6) is 0 Å². The van der Waals surface area contributed by atoms with Crippen LogP contribution in [0.4, 0.5) is 0 Å². The van der Waals surface area contributed by atoms with Crippen LogP contribution >= 0.6 is 11.6 Å². The van der Waals surface area contributed by atoms with Crippen LogP contribution in [-0.4, -0.2) is 12.6 Å². The summed E-state index contributed by atoms with van der Waals surface area (Å²) in [7, 11) is 0. The minimum absolute atomic E-state index is 0.544. The molecule has 0 aromatic heterocycles. The zero-order valence-corrected chi connectivity index (χ0v) is 6.07. The third-order valence-electron chi connectivity index (χ3n) is 0.733. The van der Waals surface area contributed by atoms with Crippen LogP contribution < -0.4 is 5.32 Å². The number of halogens is 1. The quantitative estimate of drug-likeness (QED) is 0.619. The number of nitrogens with one attached hydrogen (secondary N) is 1. The highest BCUT2D eigenvalue weighted by Gasteiger charge is 1.84. The minimum atomic E-state index is 0.544. The van der Waals surface area contributed by atoms with Crippen molar-refractivity contribution in [3.63, 3.8) is 0 Å². The molecule has 0 saturated heterocycles. The maximum atomic E-state index is 5.26. The third-order valence-corrected chi connectivity index (χ3v) is 0.911. The van der Waals surface area contributed by atoms with Crippen LogP contribution in [0, 0.1) is 0 Å². The first kappa shape index (κ1) is 7.99. The van der Waals surface area contributed by atoms with Crippen LogP contribution in [0.3, 0.4) is 0 Å². The van der Waals surface area contributed by atoms with E-state index in [1.54, 1.807) is 0 Å². The Labute approximate surface area is 55.7 Å². The molecule has 1 nitrogen and oxygen atoms in total. The molecule has 0 aromatic carbocycles. The molecule has 0 bridgehead atoms. The Morgan fingerprint density at radius 1 is 1.62 bits per heavy atom. The van der Waals surface area contributed by atoms with Crippen molar-refractivity contribution in [3.8, 4) is 0 Å². The average Bonchev–Trinajstić information content (AvgIpc) is 1.66. The summed E-state index contributed by atoms with van der Waals surface area (Å²) in [5.74, 6) is 0. The zero-order valence-electron chi connectivity index (χ0n) is 5.32. The van der Waals surface area contributed by atoms with Crippen LogP contribution in [-0.2, 0) is 0 Å². The van der Waals surface area contributed by atoms with Crippen molar-refractivity contribution in [1.82, 2.24) is 5.32 Å². The van der Waals surface area contributed by atoms with Gasteiger partial charge in [0.05, 0.1) is 0 Å². The fourth-order valence-corrected chi connectivity index (χ4v) is 0.437. The maximum Gasteiger partial charge on any atom is 0.0148 e. The Morgan fingerprint density at radius 3 is 2.62 bits per heavy atom. The lowest BCUT2D eigenvalue weighted by atomic mass is 10.4. The lowest BCUT2D eigenvalue weighted by Gasteiger charge is -2.02. The fraction of sp³-hybridized carbons (Fsp3) is 0.667. The van der Waals surface area contributed by atoms with Crippen molar-refractivity contribution in [2.24, 2.45) is 0 Å². The van der Waals surface area contributed by atoms with E-state index in [1.807, 2.05) is 6.08 Å². The van der Waals surface area contributed by atoms with Crippen LogP contribution in [0.15, 0.2) is 11.6 Å². The minimum Gasteiger partial charge on any atom is -0.311 e. The molecule has 0 atom stereocenters. The van der Waals surface area contributed by atoms with E-state index in [2.05, 4.69) is 19.2 Å². The second kappa shape index (κ2) is 5.13. The topological polar surface area (TPSA) is 12.0 Å². The van der Waals surface area contributed by atoms with E-state index in [0.717, 1.165) is 6.54 Å². The molecule has 0 aliphatic carbocycles. The summed E-state index contributed by atoms with van der Waals surface area (Å²) >= 11 is 5.26. The van der Waals surface area contributed by atoms with E-state index in [0.29, 0.717) is 6.04 Å². The van der Waals surface area contributed by atoms with E-state index < -0.39 is 0 Å². The Hall–Kier alpha value is -0.0100. The van der Waals surface area contributed by atoms with Crippen LogP contribution in [0.1, 0.15) is 13.8 Å². The second-order valence-corrected chi connectivity index (χ2v) is 2.18. The molecule has 0 aromatic rings. The predicted octanol–water partition coefficient (Wildman–Crippen LogP) is 1.74. The molecule has 1 N–H and O–H groups in total. The first-order valence-electron chi connectivity index (χ1n) is 2.76. The standard InChI is InChI=1S/C6H12ClN/c1-6(2)8-5-3-4-7/h3-4,6,8H,5H2,1-2H3. The lowest BCUT2D eigenvalue weighted by molar-refractivity contribution is 0.633. The highest BCUT2D eigenvalue weighted by molar-refractivity contribution is 6.25. The van der Waals surface area contributed by atoms with E-state index in [1.165, 1.54) is 5.54 Å². The van der Waals surface area contributed by atoms with Gasteiger partial charge in [0.2, 0.25) is 0 Å². The molecule has 48 valence electrons. The largest absolute Gasteiger partial charge is 0.311 e. The SMILES string of the molecule is CC(C)NCC=CCl. The molecule has 0 amide bonds. The Bertz CT molecular complexity index is 68.9. The molecule has 0 unspecified atom stereocenters. The molecule has 0 radical (unpaired) electrons. The summed E-state index contributed by atoms with van der Waals surface area (Å²) in [5, 5.41) is 3.18. The van der Waals surface area contributed by atoms with Gasteiger partial charge >= 0.3 is 0 Å². The van der Waals surface area contributed by atoms with Crippen LogP contribution in [0.2, 0.25) is 0 Å². The van der Waals surface area contributed by atoms with Gasteiger partial charge < -0.3 is 5.32 Å². The van der Waals surface area contributed by atoms with Gasteiger partial charge in [0.1, 0.15) is 0 Å². The molecule has 8 heavy (non-hydrogen) atoms. The third kappa shape index (κ3) is 5.99. The van der Waals surface area contributed by atoms with Gasteiger partial charge in [-0.15, -0.1) is 0 Å². The van der Waals surface area contributed by atoms with Gasteiger partial charge in [0.15, 0.2) is 0 Å². The molecule has 2 heteroatoms. The van der Waals surface area contributed by atoms with Crippen LogP contribution in [0.25, 0.3) is 0 Å².